The minimum atomic E-state index is -0.679. The number of ether oxygens (including phenoxy) is 1. The molecule has 112 valence electrons. The molecule has 5 nitrogen and oxygen atoms in total. The number of nitrogens with zero attached hydrogens (tertiary/aromatic N) is 1. The molecule has 6 heteroatoms. The van der Waals surface area contributed by atoms with Gasteiger partial charge in [0.15, 0.2) is 0 Å². The quantitative estimate of drug-likeness (QED) is 0.770. The molecule has 0 amide bonds. The van der Waals surface area contributed by atoms with Crippen LogP contribution in [0.2, 0.25) is 0 Å². The van der Waals surface area contributed by atoms with Crippen molar-refractivity contribution >= 4 is 10.8 Å². The highest BCUT2D eigenvalue weighted by atomic mass is 32.2. The maximum Gasteiger partial charge on any atom is 0.119 e. The molecular formula is C14H22N2O3S. The van der Waals surface area contributed by atoms with Gasteiger partial charge in [-0.25, -0.2) is 0 Å². The molecule has 1 atom stereocenters. The van der Waals surface area contributed by atoms with Crippen molar-refractivity contribution in [1.29, 1.82) is 0 Å². The Labute approximate surface area is 122 Å². The van der Waals surface area contributed by atoms with Gasteiger partial charge in [0.25, 0.3) is 0 Å². The van der Waals surface area contributed by atoms with Gasteiger partial charge in [-0.1, -0.05) is 12.1 Å². The number of aliphatic hydroxyl groups excluding tert-OH is 1. The van der Waals surface area contributed by atoms with E-state index in [1.807, 2.05) is 24.3 Å². The van der Waals surface area contributed by atoms with E-state index in [1.165, 1.54) is 0 Å². The summed E-state index contributed by atoms with van der Waals surface area (Å²) in [4.78, 5) is 2.13. The average molecular weight is 298 g/mol. The van der Waals surface area contributed by atoms with Crippen molar-refractivity contribution in [2.75, 3.05) is 37.7 Å². The molecule has 1 saturated heterocycles. The van der Waals surface area contributed by atoms with E-state index in [9.17, 15) is 9.32 Å². The Morgan fingerprint density at radius 2 is 2.15 bits per heavy atom. The Bertz CT molecular complexity index is 446. The van der Waals surface area contributed by atoms with E-state index in [0.29, 0.717) is 24.6 Å². The molecule has 1 fully saturated rings. The van der Waals surface area contributed by atoms with E-state index in [4.69, 9.17) is 10.5 Å². The first kappa shape index (κ1) is 15.4. The van der Waals surface area contributed by atoms with Crippen molar-refractivity contribution in [2.24, 2.45) is 5.73 Å². The fourth-order valence-electron chi connectivity index (χ4n) is 2.16. The summed E-state index contributed by atoms with van der Waals surface area (Å²) in [6.45, 7) is 2.87. The van der Waals surface area contributed by atoms with Crippen LogP contribution in [0.3, 0.4) is 0 Å². The molecule has 1 unspecified atom stereocenters. The Morgan fingerprint density at radius 1 is 1.40 bits per heavy atom. The lowest BCUT2D eigenvalue weighted by molar-refractivity contribution is 0.0712. The standard InChI is InChI=1S/C14H22N2O3S/c15-9-12-2-1-3-14(8-12)19-11-13(17)10-16-4-6-20(18)7-5-16/h1-3,8,13,17H,4-7,9-11,15H2. The van der Waals surface area contributed by atoms with Gasteiger partial charge >= 0.3 is 0 Å². The smallest absolute Gasteiger partial charge is 0.119 e. The number of aliphatic hydroxyl groups is 1. The van der Waals surface area contributed by atoms with Crippen LogP contribution in [0.1, 0.15) is 5.56 Å². The second-order valence-corrected chi connectivity index (χ2v) is 6.66. The van der Waals surface area contributed by atoms with Gasteiger partial charge in [-0.05, 0) is 17.7 Å². The molecule has 1 aliphatic rings. The number of β-amino-alcohol motifs (C(OH)–C–C–N with tert-alkyl or cyclic N) is 1. The number of nitrogens with two attached hydrogens (primary N) is 1. The average Bonchev–Trinajstić information content (AvgIpc) is 2.48. The summed E-state index contributed by atoms with van der Waals surface area (Å²) in [6, 6.07) is 7.58. The van der Waals surface area contributed by atoms with Crippen LogP contribution in [0.15, 0.2) is 24.3 Å². The van der Waals surface area contributed by atoms with Crippen LogP contribution in [0.5, 0.6) is 5.75 Å². The third kappa shape index (κ3) is 4.86. The molecular weight excluding hydrogens is 276 g/mol. The van der Waals surface area contributed by atoms with Crippen LogP contribution in [0.4, 0.5) is 0 Å². The zero-order valence-electron chi connectivity index (χ0n) is 11.5. The zero-order chi connectivity index (χ0) is 14.4. The first-order valence-corrected chi connectivity index (χ1v) is 8.33. The van der Waals surface area contributed by atoms with Gasteiger partial charge in [0.05, 0.1) is 0 Å². The van der Waals surface area contributed by atoms with Crippen LogP contribution in [-0.2, 0) is 17.3 Å². The SMILES string of the molecule is NCc1cccc(OCC(O)CN2CCS(=O)CC2)c1. The Morgan fingerprint density at radius 3 is 2.85 bits per heavy atom. The van der Waals surface area contributed by atoms with Crippen molar-refractivity contribution in [2.45, 2.75) is 12.6 Å². The van der Waals surface area contributed by atoms with Crippen LogP contribution in [0, 0.1) is 0 Å². The van der Waals surface area contributed by atoms with Gasteiger partial charge < -0.3 is 15.6 Å². The molecule has 1 aromatic carbocycles. The Balaban J connectivity index is 1.74. The van der Waals surface area contributed by atoms with Crippen molar-refractivity contribution in [1.82, 2.24) is 4.90 Å². The van der Waals surface area contributed by atoms with E-state index >= 15 is 0 Å². The third-order valence-corrected chi connectivity index (χ3v) is 4.59. The van der Waals surface area contributed by atoms with Crippen molar-refractivity contribution < 1.29 is 14.1 Å². The molecule has 0 aliphatic carbocycles. The summed E-state index contributed by atoms with van der Waals surface area (Å²) in [7, 11) is -0.679. The zero-order valence-corrected chi connectivity index (χ0v) is 12.3. The highest BCUT2D eigenvalue weighted by molar-refractivity contribution is 7.85. The number of hydrogen-bond donors (Lipinski definition) is 2. The summed E-state index contributed by atoms with van der Waals surface area (Å²) >= 11 is 0. The fourth-order valence-corrected chi connectivity index (χ4v) is 3.29. The summed E-state index contributed by atoms with van der Waals surface area (Å²) in [5, 5.41) is 9.99. The number of hydrogen-bond acceptors (Lipinski definition) is 5. The number of benzene rings is 1. The lowest BCUT2D eigenvalue weighted by atomic mass is 10.2. The van der Waals surface area contributed by atoms with Crippen molar-refractivity contribution in [3.8, 4) is 5.75 Å². The van der Waals surface area contributed by atoms with Crippen LogP contribution >= 0.6 is 0 Å². The lowest BCUT2D eigenvalue weighted by Crippen LogP contribution is -2.43. The maximum absolute atomic E-state index is 11.3. The predicted molar refractivity (Wildman–Crippen MR) is 80.2 cm³/mol. The molecule has 0 spiro atoms. The van der Waals surface area contributed by atoms with E-state index in [2.05, 4.69) is 4.90 Å². The molecule has 1 aliphatic heterocycles. The van der Waals surface area contributed by atoms with Gasteiger partial charge in [-0.2, -0.15) is 0 Å². The van der Waals surface area contributed by atoms with Gasteiger partial charge in [0, 0.05) is 48.5 Å². The molecule has 0 saturated carbocycles. The van der Waals surface area contributed by atoms with Gasteiger partial charge in [0.2, 0.25) is 0 Å². The second kappa shape index (κ2) is 7.73. The number of rotatable bonds is 6. The predicted octanol–water partition coefficient (Wildman–Crippen LogP) is -0.0507. The fraction of sp³-hybridized carbons (Fsp3) is 0.571. The summed E-state index contributed by atoms with van der Waals surface area (Å²) in [5.41, 5.74) is 6.58. The lowest BCUT2D eigenvalue weighted by Gasteiger charge is -2.28. The second-order valence-electron chi connectivity index (χ2n) is 4.97. The normalized spacial score (nSPS) is 18.9. The van der Waals surface area contributed by atoms with Crippen molar-refractivity contribution in [3.05, 3.63) is 29.8 Å². The molecule has 20 heavy (non-hydrogen) atoms. The van der Waals surface area contributed by atoms with Gasteiger partial charge in [-0.15, -0.1) is 0 Å². The molecule has 0 aromatic heterocycles. The first-order valence-electron chi connectivity index (χ1n) is 6.84. The molecule has 3 N–H and O–H groups in total. The highest BCUT2D eigenvalue weighted by Gasteiger charge is 2.18. The Kier molecular flexibility index (Phi) is 5.97. The van der Waals surface area contributed by atoms with Crippen LogP contribution in [-0.4, -0.2) is 58.1 Å². The minimum Gasteiger partial charge on any atom is -0.491 e. The largest absolute Gasteiger partial charge is 0.491 e. The third-order valence-electron chi connectivity index (χ3n) is 3.32. The highest BCUT2D eigenvalue weighted by Crippen LogP contribution is 2.13. The summed E-state index contributed by atoms with van der Waals surface area (Å²) in [6.07, 6.45) is -0.539. The van der Waals surface area contributed by atoms with Gasteiger partial charge in [-0.3, -0.25) is 9.11 Å². The Hall–Kier alpha value is -0.950. The van der Waals surface area contributed by atoms with Crippen molar-refractivity contribution in [3.63, 3.8) is 0 Å². The van der Waals surface area contributed by atoms with E-state index in [0.717, 1.165) is 24.4 Å². The molecule has 2 rings (SSSR count). The summed E-state index contributed by atoms with van der Waals surface area (Å²) in [5.74, 6) is 2.13. The topological polar surface area (TPSA) is 75.8 Å². The van der Waals surface area contributed by atoms with E-state index in [1.54, 1.807) is 0 Å². The van der Waals surface area contributed by atoms with Crippen LogP contribution in [0.25, 0.3) is 0 Å². The van der Waals surface area contributed by atoms with E-state index < -0.39 is 16.9 Å². The van der Waals surface area contributed by atoms with E-state index in [-0.39, 0.29) is 6.61 Å². The first-order chi connectivity index (χ1) is 9.67. The molecule has 0 bridgehead atoms. The minimum absolute atomic E-state index is 0.258. The molecule has 1 heterocycles. The monoisotopic (exact) mass is 298 g/mol. The maximum atomic E-state index is 11.3. The van der Waals surface area contributed by atoms with Crippen LogP contribution < -0.4 is 10.5 Å². The molecule has 1 aromatic rings. The van der Waals surface area contributed by atoms with Gasteiger partial charge in [0.1, 0.15) is 18.5 Å². The summed E-state index contributed by atoms with van der Waals surface area (Å²) < 4.78 is 16.8. The molecule has 0 radical (unpaired) electrons.